The minimum atomic E-state index is -4.57. The summed E-state index contributed by atoms with van der Waals surface area (Å²) in [6, 6.07) is 15.8. The van der Waals surface area contributed by atoms with Gasteiger partial charge in [0.1, 0.15) is 0 Å². The Bertz CT molecular complexity index is 1300. The summed E-state index contributed by atoms with van der Waals surface area (Å²) in [6.07, 6.45) is -2.22. The molecular formula is C23H19F3N4O. The second-order valence-electron chi connectivity index (χ2n) is 7.57. The first-order valence-corrected chi connectivity index (χ1v) is 10.0. The Morgan fingerprint density at radius 1 is 1.03 bits per heavy atom. The second-order valence-corrected chi connectivity index (χ2v) is 7.57. The SMILES string of the molecule is O=c1n(-c2ccc(-c3ccccc3)c(C(F)(F)F)c2)c2cccnc2n1[C@H]1CCNC1. The summed E-state index contributed by atoms with van der Waals surface area (Å²) in [6.45, 7) is 1.40. The minimum absolute atomic E-state index is 0.0757. The number of nitrogens with zero attached hydrogens (tertiary/aromatic N) is 3. The van der Waals surface area contributed by atoms with E-state index < -0.39 is 11.7 Å². The lowest BCUT2D eigenvalue weighted by molar-refractivity contribution is -0.137. The zero-order valence-electron chi connectivity index (χ0n) is 16.4. The second kappa shape index (κ2) is 7.39. The molecule has 1 fully saturated rings. The summed E-state index contributed by atoms with van der Waals surface area (Å²) in [5.41, 5.74) is 0.501. The van der Waals surface area contributed by atoms with Gasteiger partial charge in [0.2, 0.25) is 0 Å². The van der Waals surface area contributed by atoms with Gasteiger partial charge in [-0.3, -0.25) is 9.13 Å². The number of hydrogen-bond donors (Lipinski definition) is 1. The van der Waals surface area contributed by atoms with Crippen LogP contribution in [-0.4, -0.2) is 27.2 Å². The average Bonchev–Trinajstić information content (AvgIpc) is 3.38. The van der Waals surface area contributed by atoms with Gasteiger partial charge in [0, 0.05) is 12.7 Å². The number of nitrogens with one attached hydrogen (secondary N) is 1. The van der Waals surface area contributed by atoms with Crippen molar-refractivity contribution in [2.75, 3.05) is 13.1 Å². The van der Waals surface area contributed by atoms with E-state index in [1.165, 1.54) is 10.6 Å². The van der Waals surface area contributed by atoms with E-state index in [4.69, 9.17) is 0 Å². The van der Waals surface area contributed by atoms with Crippen LogP contribution in [0.15, 0.2) is 71.7 Å². The van der Waals surface area contributed by atoms with Crippen LogP contribution in [0.5, 0.6) is 0 Å². The van der Waals surface area contributed by atoms with E-state index in [0.29, 0.717) is 23.3 Å². The molecule has 5 nitrogen and oxygen atoms in total. The molecule has 1 saturated heterocycles. The molecule has 1 aliphatic heterocycles. The lowest BCUT2D eigenvalue weighted by atomic mass is 9.98. The van der Waals surface area contributed by atoms with E-state index in [1.807, 2.05) is 0 Å². The van der Waals surface area contributed by atoms with Crippen LogP contribution in [0.1, 0.15) is 18.0 Å². The van der Waals surface area contributed by atoms with Gasteiger partial charge in [-0.05, 0) is 48.4 Å². The standard InChI is InChI=1S/C23H19F3N4O/c24-23(25,26)19-13-16(8-9-18(19)15-5-2-1-3-6-15)29-20-7-4-11-28-21(20)30(22(29)31)17-10-12-27-14-17/h1-9,11,13,17,27H,10,12,14H2/t17-/m0/s1. The third kappa shape index (κ3) is 3.33. The first-order valence-electron chi connectivity index (χ1n) is 10.0. The van der Waals surface area contributed by atoms with Gasteiger partial charge in [-0.25, -0.2) is 9.78 Å². The molecule has 2 aromatic heterocycles. The topological polar surface area (TPSA) is 51.9 Å². The van der Waals surface area contributed by atoms with Crippen LogP contribution in [0, 0.1) is 0 Å². The van der Waals surface area contributed by atoms with E-state index in [0.717, 1.165) is 19.0 Å². The maximum Gasteiger partial charge on any atom is 0.417 e. The number of imidazole rings is 1. The van der Waals surface area contributed by atoms with E-state index in [-0.39, 0.29) is 23.0 Å². The Hall–Kier alpha value is -3.39. The first kappa shape index (κ1) is 19.6. The van der Waals surface area contributed by atoms with Crippen LogP contribution in [0.2, 0.25) is 0 Å². The van der Waals surface area contributed by atoms with E-state index in [9.17, 15) is 18.0 Å². The van der Waals surface area contributed by atoms with Crippen LogP contribution in [0.3, 0.4) is 0 Å². The van der Waals surface area contributed by atoms with E-state index in [1.54, 1.807) is 59.3 Å². The van der Waals surface area contributed by atoms with Crippen LogP contribution in [0.25, 0.3) is 28.0 Å². The number of fused-ring (bicyclic) bond motifs is 1. The smallest absolute Gasteiger partial charge is 0.315 e. The highest BCUT2D eigenvalue weighted by Gasteiger charge is 2.34. The molecule has 0 unspecified atom stereocenters. The highest BCUT2D eigenvalue weighted by atomic mass is 19.4. The van der Waals surface area contributed by atoms with Crippen LogP contribution in [-0.2, 0) is 6.18 Å². The molecule has 0 radical (unpaired) electrons. The van der Waals surface area contributed by atoms with Crippen molar-refractivity contribution in [3.63, 3.8) is 0 Å². The third-order valence-corrected chi connectivity index (χ3v) is 5.68. The first-order chi connectivity index (χ1) is 14.9. The number of halogens is 3. The summed E-state index contributed by atoms with van der Waals surface area (Å²) in [4.78, 5) is 17.7. The van der Waals surface area contributed by atoms with Crippen molar-refractivity contribution < 1.29 is 13.2 Å². The van der Waals surface area contributed by atoms with E-state index in [2.05, 4.69) is 10.3 Å². The fourth-order valence-electron chi connectivity index (χ4n) is 4.26. The van der Waals surface area contributed by atoms with Crippen LogP contribution in [0.4, 0.5) is 13.2 Å². The number of alkyl halides is 3. The predicted octanol–water partition coefficient (Wildman–Crippen LogP) is 4.41. The Labute approximate surface area is 175 Å². The van der Waals surface area contributed by atoms with Crippen LogP contribution < -0.4 is 11.0 Å². The average molecular weight is 424 g/mol. The van der Waals surface area contributed by atoms with Crippen molar-refractivity contribution in [2.45, 2.75) is 18.6 Å². The maximum atomic E-state index is 14.0. The normalized spacial score (nSPS) is 16.8. The van der Waals surface area contributed by atoms with Gasteiger partial charge in [0.25, 0.3) is 0 Å². The van der Waals surface area contributed by atoms with Gasteiger partial charge < -0.3 is 5.32 Å². The molecule has 4 aromatic rings. The molecule has 0 aliphatic carbocycles. The summed E-state index contributed by atoms with van der Waals surface area (Å²) < 4.78 is 44.9. The molecule has 1 N–H and O–H groups in total. The van der Waals surface area contributed by atoms with Crippen molar-refractivity contribution in [3.8, 4) is 16.8 Å². The minimum Gasteiger partial charge on any atom is -0.315 e. The maximum absolute atomic E-state index is 14.0. The summed E-state index contributed by atoms with van der Waals surface area (Å²) in [5.74, 6) is 0. The molecule has 8 heteroatoms. The highest BCUT2D eigenvalue weighted by molar-refractivity contribution is 5.76. The zero-order chi connectivity index (χ0) is 21.6. The molecule has 1 atom stereocenters. The molecule has 0 saturated carbocycles. The van der Waals surface area contributed by atoms with Crippen molar-refractivity contribution in [3.05, 3.63) is 82.9 Å². The molecule has 3 heterocycles. The Morgan fingerprint density at radius 3 is 2.55 bits per heavy atom. The van der Waals surface area contributed by atoms with Gasteiger partial charge in [0.05, 0.1) is 22.8 Å². The van der Waals surface area contributed by atoms with Crippen LogP contribution >= 0.6 is 0 Å². The molecular weight excluding hydrogens is 405 g/mol. The third-order valence-electron chi connectivity index (χ3n) is 5.68. The molecule has 1 aliphatic rings. The Balaban J connectivity index is 1.75. The number of rotatable bonds is 3. The molecule has 0 amide bonds. The highest BCUT2D eigenvalue weighted by Crippen LogP contribution is 2.38. The lowest BCUT2D eigenvalue weighted by Crippen LogP contribution is -2.28. The van der Waals surface area contributed by atoms with Crippen molar-refractivity contribution in [1.29, 1.82) is 0 Å². The van der Waals surface area contributed by atoms with Gasteiger partial charge in [-0.1, -0.05) is 36.4 Å². The Morgan fingerprint density at radius 2 is 1.84 bits per heavy atom. The van der Waals surface area contributed by atoms with Gasteiger partial charge in [-0.15, -0.1) is 0 Å². The molecule has 5 rings (SSSR count). The molecule has 0 spiro atoms. The Kier molecular flexibility index (Phi) is 4.66. The molecule has 158 valence electrons. The fourth-order valence-corrected chi connectivity index (χ4v) is 4.26. The number of aromatic nitrogens is 3. The summed E-state index contributed by atoms with van der Waals surface area (Å²) >= 11 is 0. The van der Waals surface area contributed by atoms with Gasteiger partial charge in [-0.2, -0.15) is 13.2 Å². The van der Waals surface area contributed by atoms with Crippen molar-refractivity contribution in [2.24, 2.45) is 0 Å². The number of pyridine rings is 1. The molecule has 0 bridgehead atoms. The van der Waals surface area contributed by atoms with Crippen molar-refractivity contribution in [1.82, 2.24) is 19.4 Å². The monoisotopic (exact) mass is 424 g/mol. The van der Waals surface area contributed by atoms with Crippen molar-refractivity contribution >= 4 is 11.2 Å². The quantitative estimate of drug-likeness (QED) is 0.530. The number of benzene rings is 2. The fraction of sp³-hybridized carbons (Fsp3) is 0.217. The van der Waals surface area contributed by atoms with E-state index >= 15 is 0 Å². The summed E-state index contributed by atoms with van der Waals surface area (Å²) in [7, 11) is 0. The van der Waals surface area contributed by atoms with Gasteiger partial charge in [0.15, 0.2) is 5.65 Å². The predicted molar refractivity (Wildman–Crippen MR) is 112 cm³/mol. The molecule has 31 heavy (non-hydrogen) atoms. The van der Waals surface area contributed by atoms with Gasteiger partial charge >= 0.3 is 11.9 Å². The largest absolute Gasteiger partial charge is 0.417 e. The number of hydrogen-bond acceptors (Lipinski definition) is 3. The zero-order valence-corrected chi connectivity index (χ0v) is 16.4. The lowest BCUT2D eigenvalue weighted by Gasteiger charge is -2.15. The summed E-state index contributed by atoms with van der Waals surface area (Å²) in [5, 5.41) is 3.22. The molecule has 2 aromatic carbocycles.